The van der Waals surface area contributed by atoms with Gasteiger partial charge >= 0.3 is 0 Å². The van der Waals surface area contributed by atoms with E-state index in [9.17, 15) is 4.79 Å². The van der Waals surface area contributed by atoms with E-state index in [1.54, 1.807) is 6.21 Å². The first-order valence-electron chi connectivity index (χ1n) is 4.65. The van der Waals surface area contributed by atoms with Gasteiger partial charge in [-0.15, -0.1) is 0 Å². The molecule has 1 heterocycles. The van der Waals surface area contributed by atoms with E-state index in [0.717, 1.165) is 17.7 Å². The first kappa shape index (κ1) is 12.2. The van der Waals surface area contributed by atoms with Crippen LogP contribution in [0.25, 0.3) is 0 Å². The van der Waals surface area contributed by atoms with E-state index in [2.05, 4.69) is 8.52 Å². The van der Waals surface area contributed by atoms with Gasteiger partial charge in [-0.2, -0.15) is 0 Å². The fourth-order valence-corrected chi connectivity index (χ4v) is 1.53. The highest BCUT2D eigenvalue weighted by Gasteiger charge is 2.14. The number of halogens is 1. The Kier molecular flexibility index (Phi) is 4.80. The Morgan fingerprint density at radius 3 is 3.00 bits per heavy atom. The molecule has 82 valence electrons. The van der Waals surface area contributed by atoms with Gasteiger partial charge in [0.05, 0.1) is 28.6 Å². The number of hydrogen-bond donors (Lipinski definition) is 1. The molecular weight excluding hydrogens is 307 g/mol. The monoisotopic (exact) mass is 320 g/mol. The van der Waals surface area contributed by atoms with Crippen molar-refractivity contribution in [3.8, 4) is 0 Å². The third-order valence-corrected chi connectivity index (χ3v) is 2.27. The van der Waals surface area contributed by atoms with Gasteiger partial charge in [-0.1, -0.05) is 6.92 Å². The van der Waals surface area contributed by atoms with Gasteiger partial charge in [-0.3, -0.25) is 4.79 Å². The maximum Gasteiger partial charge on any atom is 0.262 e. The Hall–Kier alpha value is -0.850. The minimum absolute atomic E-state index is 0.0849. The summed E-state index contributed by atoms with van der Waals surface area (Å²) in [6.07, 6.45) is 4.55. The molecule has 1 N–H and O–H groups in total. The number of rotatable bonds is 3. The molecule has 5 heteroatoms. The Balaban J connectivity index is 2.88. The van der Waals surface area contributed by atoms with E-state index < -0.39 is 0 Å². The van der Waals surface area contributed by atoms with Gasteiger partial charge in [0, 0.05) is 6.21 Å². The number of nitrogens with zero attached hydrogens (tertiary/aromatic N) is 1. The van der Waals surface area contributed by atoms with Crippen molar-refractivity contribution in [2.45, 2.75) is 20.3 Å². The summed E-state index contributed by atoms with van der Waals surface area (Å²) in [4.78, 5) is 11.0. The van der Waals surface area contributed by atoms with Crippen LogP contribution >= 0.6 is 22.9 Å². The fraction of sp³-hybridized carbons (Fsp3) is 0.400. The number of carbonyl (C=O) groups excluding carboxylic acids is 1. The highest BCUT2D eigenvalue weighted by molar-refractivity contribution is 14.1. The average Bonchev–Trinajstić information content (AvgIpc) is 2.21. The molecule has 0 atom stereocenters. The molecular formula is C10H13IN2O2. The van der Waals surface area contributed by atoms with Crippen molar-refractivity contribution in [2.24, 2.45) is 3.21 Å². The standard InChI is InChI=1S/C10H13IN2O2/c1-3-8(5-12-11)4-9-7(2)13-10(14)6-15-9/h4-5H,3,6H2,1-2H3,(H,13,14)/b8-4-,12-5+. The number of carbonyl (C=O) groups is 1. The van der Waals surface area contributed by atoms with Crippen molar-refractivity contribution in [3.63, 3.8) is 0 Å². The van der Waals surface area contributed by atoms with E-state index >= 15 is 0 Å². The maximum absolute atomic E-state index is 11.0. The molecule has 0 aromatic rings. The number of amides is 1. The molecule has 0 saturated carbocycles. The van der Waals surface area contributed by atoms with Crippen molar-refractivity contribution in [3.05, 3.63) is 23.1 Å². The third-order valence-electron chi connectivity index (χ3n) is 1.99. The molecule has 0 fully saturated rings. The van der Waals surface area contributed by atoms with Gasteiger partial charge in [-0.05, 0) is 25.0 Å². The molecule has 0 unspecified atom stereocenters. The molecule has 0 aromatic heterocycles. The normalized spacial score (nSPS) is 18.1. The number of allylic oxidation sites excluding steroid dienone is 3. The average molecular weight is 320 g/mol. The predicted molar refractivity (Wildman–Crippen MR) is 67.7 cm³/mol. The molecule has 0 bridgehead atoms. The van der Waals surface area contributed by atoms with Gasteiger partial charge in [0.15, 0.2) is 6.61 Å². The maximum atomic E-state index is 11.0. The van der Waals surface area contributed by atoms with Crippen molar-refractivity contribution in [1.29, 1.82) is 0 Å². The summed E-state index contributed by atoms with van der Waals surface area (Å²) in [5, 5.41) is 2.73. The summed E-state index contributed by atoms with van der Waals surface area (Å²) in [5.41, 5.74) is 1.81. The van der Waals surface area contributed by atoms with Crippen LogP contribution in [0.15, 0.2) is 26.3 Å². The number of hydrogen-bond acceptors (Lipinski definition) is 3. The van der Waals surface area contributed by atoms with Crippen LogP contribution in [0.4, 0.5) is 0 Å². The lowest BCUT2D eigenvalue weighted by Crippen LogP contribution is -2.31. The van der Waals surface area contributed by atoms with Crippen LogP contribution < -0.4 is 5.32 Å². The first-order chi connectivity index (χ1) is 7.17. The Morgan fingerprint density at radius 1 is 1.73 bits per heavy atom. The highest BCUT2D eigenvalue weighted by atomic mass is 127. The van der Waals surface area contributed by atoms with E-state index in [-0.39, 0.29) is 12.5 Å². The van der Waals surface area contributed by atoms with E-state index in [1.807, 2.05) is 42.8 Å². The predicted octanol–water partition coefficient (Wildman–Crippen LogP) is 2.12. The summed E-state index contributed by atoms with van der Waals surface area (Å²) in [5.74, 6) is 0.605. The molecule has 1 amide bonds. The zero-order valence-corrected chi connectivity index (χ0v) is 10.9. The summed E-state index contributed by atoms with van der Waals surface area (Å²) in [6.45, 7) is 3.94. The molecule has 1 aliphatic rings. The molecule has 0 spiro atoms. The Bertz CT molecular complexity index is 345. The lowest BCUT2D eigenvalue weighted by Gasteiger charge is -2.17. The van der Waals surface area contributed by atoms with Crippen LogP contribution in [-0.4, -0.2) is 18.7 Å². The molecule has 0 saturated heterocycles. The van der Waals surface area contributed by atoms with E-state index in [1.165, 1.54) is 0 Å². The second-order valence-electron chi connectivity index (χ2n) is 3.13. The topological polar surface area (TPSA) is 50.7 Å². The van der Waals surface area contributed by atoms with Crippen LogP contribution in [0.2, 0.25) is 0 Å². The molecule has 1 aliphatic heterocycles. The van der Waals surface area contributed by atoms with Gasteiger partial charge < -0.3 is 10.1 Å². The Labute approximate surface area is 103 Å². The van der Waals surface area contributed by atoms with Crippen LogP contribution in [0.5, 0.6) is 0 Å². The van der Waals surface area contributed by atoms with Gasteiger partial charge in [0.25, 0.3) is 5.91 Å². The second-order valence-corrected chi connectivity index (χ2v) is 3.68. The summed E-state index contributed by atoms with van der Waals surface area (Å²) in [7, 11) is 0. The minimum Gasteiger partial charge on any atom is -0.482 e. The summed E-state index contributed by atoms with van der Waals surface area (Å²) in [6, 6.07) is 0. The van der Waals surface area contributed by atoms with Crippen molar-refractivity contribution < 1.29 is 9.53 Å². The van der Waals surface area contributed by atoms with Crippen molar-refractivity contribution in [2.75, 3.05) is 6.61 Å². The molecule has 0 radical (unpaired) electrons. The van der Waals surface area contributed by atoms with Gasteiger partial charge in [0.1, 0.15) is 5.76 Å². The molecule has 0 aromatic carbocycles. The van der Waals surface area contributed by atoms with Gasteiger partial charge in [-0.25, -0.2) is 3.21 Å². The third kappa shape index (κ3) is 3.65. The second kappa shape index (κ2) is 5.89. The SMILES string of the molecule is CCC(=C/C1=C(C)NC(=O)CO1)/C=N/I. The van der Waals surface area contributed by atoms with Crippen LogP contribution in [0.3, 0.4) is 0 Å². The van der Waals surface area contributed by atoms with Crippen LogP contribution in [-0.2, 0) is 9.53 Å². The van der Waals surface area contributed by atoms with Crippen LogP contribution in [0, 0.1) is 0 Å². The Morgan fingerprint density at radius 2 is 2.47 bits per heavy atom. The zero-order valence-electron chi connectivity index (χ0n) is 8.71. The van der Waals surface area contributed by atoms with E-state index in [4.69, 9.17) is 4.74 Å². The zero-order chi connectivity index (χ0) is 11.3. The van der Waals surface area contributed by atoms with Crippen LogP contribution in [0.1, 0.15) is 20.3 Å². The lowest BCUT2D eigenvalue weighted by molar-refractivity contribution is -0.124. The molecule has 4 nitrogen and oxygen atoms in total. The lowest BCUT2D eigenvalue weighted by atomic mass is 10.2. The molecule has 1 rings (SSSR count). The quantitative estimate of drug-likeness (QED) is 0.640. The largest absolute Gasteiger partial charge is 0.482 e. The minimum atomic E-state index is -0.106. The highest BCUT2D eigenvalue weighted by Crippen LogP contribution is 2.13. The summed E-state index contributed by atoms with van der Waals surface area (Å²) < 4.78 is 9.23. The number of ether oxygens (including phenoxy) is 1. The van der Waals surface area contributed by atoms with Crippen molar-refractivity contribution in [1.82, 2.24) is 5.32 Å². The van der Waals surface area contributed by atoms with Gasteiger partial charge in [0.2, 0.25) is 0 Å². The fourth-order valence-electron chi connectivity index (χ4n) is 1.17. The van der Waals surface area contributed by atoms with E-state index in [0.29, 0.717) is 5.76 Å². The number of nitrogens with one attached hydrogen (secondary N) is 1. The van der Waals surface area contributed by atoms with Crippen molar-refractivity contribution >= 4 is 35.0 Å². The molecule has 15 heavy (non-hydrogen) atoms. The first-order valence-corrected chi connectivity index (χ1v) is 5.62. The molecule has 0 aliphatic carbocycles. The summed E-state index contributed by atoms with van der Waals surface area (Å²) >= 11 is 1.93. The smallest absolute Gasteiger partial charge is 0.262 e.